The molecule has 0 spiro atoms. The van der Waals surface area contributed by atoms with E-state index in [-0.39, 0.29) is 11.9 Å². The third kappa shape index (κ3) is 3.44. The number of rotatable bonds is 5. The van der Waals surface area contributed by atoms with E-state index < -0.39 is 0 Å². The highest BCUT2D eigenvalue weighted by molar-refractivity contribution is 5.79. The summed E-state index contributed by atoms with van der Waals surface area (Å²) in [5.41, 5.74) is 1.23. The Balaban J connectivity index is 1.87. The molecule has 0 radical (unpaired) electrons. The topological polar surface area (TPSA) is 46.9 Å². The third-order valence-corrected chi connectivity index (χ3v) is 3.30. The van der Waals surface area contributed by atoms with Gasteiger partial charge >= 0.3 is 0 Å². The van der Waals surface area contributed by atoms with Crippen molar-refractivity contribution in [3.63, 3.8) is 0 Å². The largest absolute Gasteiger partial charge is 0.354 e. The quantitative estimate of drug-likeness (QED) is 0.893. The van der Waals surface area contributed by atoms with Crippen LogP contribution in [0.2, 0.25) is 0 Å². The molecular weight excluding hydrogens is 238 g/mol. The lowest BCUT2D eigenvalue weighted by Crippen LogP contribution is -2.33. The van der Waals surface area contributed by atoms with E-state index in [0.29, 0.717) is 12.5 Å². The molecule has 100 valence electrons. The minimum absolute atomic E-state index is 0.0146. The molecule has 0 aliphatic carbocycles. The summed E-state index contributed by atoms with van der Waals surface area (Å²) in [6, 6.07) is 9.96. The van der Waals surface area contributed by atoms with E-state index in [2.05, 4.69) is 29.4 Å². The van der Waals surface area contributed by atoms with Crippen LogP contribution in [-0.4, -0.2) is 22.0 Å². The molecule has 2 atom stereocenters. The molecule has 1 N–H and O–H groups in total. The van der Waals surface area contributed by atoms with Gasteiger partial charge in [-0.2, -0.15) is 0 Å². The zero-order chi connectivity index (χ0) is 13.7. The number of carbonyl (C=O) groups excluding carboxylic acids is 1. The fourth-order valence-corrected chi connectivity index (χ4v) is 1.93. The van der Waals surface area contributed by atoms with Crippen molar-refractivity contribution in [1.82, 2.24) is 14.9 Å². The van der Waals surface area contributed by atoms with Crippen molar-refractivity contribution in [3.05, 3.63) is 54.6 Å². The molecule has 2 rings (SSSR count). The smallest absolute Gasteiger partial charge is 0.242 e. The van der Waals surface area contributed by atoms with Crippen LogP contribution in [0.3, 0.4) is 0 Å². The first-order valence-corrected chi connectivity index (χ1v) is 6.48. The minimum Gasteiger partial charge on any atom is -0.354 e. The van der Waals surface area contributed by atoms with Crippen molar-refractivity contribution in [2.24, 2.45) is 0 Å². The first kappa shape index (κ1) is 13.3. The Bertz CT molecular complexity index is 507. The van der Waals surface area contributed by atoms with Gasteiger partial charge in [-0.25, -0.2) is 4.98 Å². The Morgan fingerprint density at radius 3 is 2.68 bits per heavy atom. The van der Waals surface area contributed by atoms with Gasteiger partial charge in [0.1, 0.15) is 6.04 Å². The van der Waals surface area contributed by atoms with Gasteiger partial charge in [-0.15, -0.1) is 0 Å². The fourth-order valence-electron chi connectivity index (χ4n) is 1.93. The van der Waals surface area contributed by atoms with Crippen molar-refractivity contribution < 1.29 is 4.79 Å². The first-order chi connectivity index (χ1) is 9.18. The van der Waals surface area contributed by atoms with Crippen molar-refractivity contribution in [1.29, 1.82) is 0 Å². The number of hydrogen-bond acceptors (Lipinski definition) is 2. The first-order valence-electron chi connectivity index (χ1n) is 6.48. The van der Waals surface area contributed by atoms with Crippen LogP contribution in [0.25, 0.3) is 0 Å². The van der Waals surface area contributed by atoms with Gasteiger partial charge in [0.25, 0.3) is 0 Å². The second-order valence-corrected chi connectivity index (χ2v) is 4.74. The molecule has 4 heteroatoms. The zero-order valence-corrected chi connectivity index (χ0v) is 11.3. The summed E-state index contributed by atoms with van der Waals surface area (Å²) < 4.78 is 1.79. The van der Waals surface area contributed by atoms with Crippen LogP contribution in [0.4, 0.5) is 0 Å². The monoisotopic (exact) mass is 257 g/mol. The summed E-state index contributed by atoms with van der Waals surface area (Å²) in [5, 5.41) is 2.98. The molecule has 0 unspecified atom stereocenters. The van der Waals surface area contributed by atoms with Crippen LogP contribution in [0.15, 0.2) is 49.1 Å². The maximum atomic E-state index is 12.0. The van der Waals surface area contributed by atoms with Gasteiger partial charge in [-0.3, -0.25) is 4.79 Å². The van der Waals surface area contributed by atoms with E-state index in [1.165, 1.54) is 5.56 Å². The summed E-state index contributed by atoms with van der Waals surface area (Å²) >= 11 is 0. The highest BCUT2D eigenvalue weighted by Crippen LogP contribution is 2.13. The molecule has 1 aromatic carbocycles. The van der Waals surface area contributed by atoms with E-state index in [9.17, 15) is 4.79 Å². The highest BCUT2D eigenvalue weighted by atomic mass is 16.2. The van der Waals surface area contributed by atoms with Crippen LogP contribution in [0.1, 0.15) is 31.4 Å². The number of hydrogen-bond donors (Lipinski definition) is 1. The lowest BCUT2D eigenvalue weighted by atomic mass is 10.0. The molecule has 2 aromatic rings. The maximum Gasteiger partial charge on any atom is 0.242 e. The molecule has 0 aliphatic rings. The van der Waals surface area contributed by atoms with Crippen molar-refractivity contribution in [2.75, 3.05) is 6.54 Å². The Kier molecular flexibility index (Phi) is 4.34. The van der Waals surface area contributed by atoms with Crippen molar-refractivity contribution >= 4 is 5.91 Å². The predicted molar refractivity (Wildman–Crippen MR) is 74.8 cm³/mol. The Hall–Kier alpha value is -2.10. The molecule has 0 saturated heterocycles. The van der Waals surface area contributed by atoms with E-state index in [4.69, 9.17) is 0 Å². The Labute approximate surface area is 113 Å². The average molecular weight is 257 g/mol. The molecule has 1 heterocycles. The minimum atomic E-state index is -0.231. The van der Waals surface area contributed by atoms with Gasteiger partial charge in [0.2, 0.25) is 5.91 Å². The van der Waals surface area contributed by atoms with Crippen molar-refractivity contribution in [2.45, 2.75) is 25.8 Å². The van der Waals surface area contributed by atoms with Crippen LogP contribution in [0.5, 0.6) is 0 Å². The second kappa shape index (κ2) is 6.18. The molecule has 0 fully saturated rings. The number of nitrogens with one attached hydrogen (secondary N) is 1. The molecule has 1 aromatic heterocycles. The van der Waals surface area contributed by atoms with E-state index in [1.54, 1.807) is 23.3 Å². The molecule has 1 amide bonds. The normalized spacial score (nSPS) is 13.8. The van der Waals surface area contributed by atoms with Gasteiger partial charge in [0.05, 0.1) is 6.33 Å². The third-order valence-electron chi connectivity index (χ3n) is 3.30. The molecular formula is C15H19N3O. The maximum absolute atomic E-state index is 12.0. The van der Waals surface area contributed by atoms with Crippen LogP contribution in [-0.2, 0) is 4.79 Å². The van der Waals surface area contributed by atoms with Crippen LogP contribution in [0, 0.1) is 0 Å². The van der Waals surface area contributed by atoms with Gasteiger partial charge in [-0.05, 0) is 18.4 Å². The van der Waals surface area contributed by atoms with Gasteiger partial charge in [0.15, 0.2) is 0 Å². The SMILES string of the molecule is C[C@H](CNC(=O)[C@@H](C)n1ccnc1)c1ccccc1. The second-order valence-electron chi connectivity index (χ2n) is 4.74. The van der Waals surface area contributed by atoms with Crippen molar-refractivity contribution in [3.8, 4) is 0 Å². The number of benzene rings is 1. The Morgan fingerprint density at radius 1 is 1.32 bits per heavy atom. The van der Waals surface area contributed by atoms with Gasteiger partial charge in [0, 0.05) is 18.9 Å². The van der Waals surface area contributed by atoms with E-state index in [1.807, 2.05) is 25.1 Å². The number of carbonyl (C=O) groups is 1. The molecule has 4 nitrogen and oxygen atoms in total. The van der Waals surface area contributed by atoms with Gasteiger partial charge < -0.3 is 9.88 Å². The average Bonchev–Trinajstić information content (AvgIpc) is 2.98. The zero-order valence-electron chi connectivity index (χ0n) is 11.3. The molecule has 0 bridgehead atoms. The van der Waals surface area contributed by atoms with Crippen LogP contribution >= 0.6 is 0 Å². The van der Waals surface area contributed by atoms with Crippen LogP contribution < -0.4 is 5.32 Å². The summed E-state index contributed by atoms with van der Waals surface area (Å²) in [6.07, 6.45) is 5.13. The Morgan fingerprint density at radius 2 is 2.05 bits per heavy atom. The highest BCUT2D eigenvalue weighted by Gasteiger charge is 2.15. The van der Waals surface area contributed by atoms with E-state index in [0.717, 1.165) is 0 Å². The number of aromatic nitrogens is 2. The lowest BCUT2D eigenvalue weighted by Gasteiger charge is -2.16. The molecule has 0 aliphatic heterocycles. The molecule has 19 heavy (non-hydrogen) atoms. The summed E-state index contributed by atoms with van der Waals surface area (Å²) in [5.74, 6) is 0.320. The van der Waals surface area contributed by atoms with Gasteiger partial charge in [-0.1, -0.05) is 37.3 Å². The standard InChI is InChI=1S/C15H19N3O/c1-12(14-6-4-3-5-7-14)10-17-15(19)13(2)18-9-8-16-11-18/h3-9,11-13H,10H2,1-2H3,(H,17,19)/t12-,13-/m1/s1. The summed E-state index contributed by atoms with van der Waals surface area (Å²) in [7, 11) is 0. The fraction of sp³-hybridized carbons (Fsp3) is 0.333. The summed E-state index contributed by atoms with van der Waals surface area (Å²) in [6.45, 7) is 4.61. The predicted octanol–water partition coefficient (Wildman–Crippen LogP) is 2.36. The summed E-state index contributed by atoms with van der Waals surface area (Å²) in [4.78, 5) is 16.0. The molecule has 0 saturated carbocycles. The number of nitrogens with zero attached hydrogens (tertiary/aromatic N) is 2. The van der Waals surface area contributed by atoms with E-state index >= 15 is 0 Å². The number of amides is 1. The number of imidazole rings is 1. The lowest BCUT2D eigenvalue weighted by molar-refractivity contribution is -0.123.